The van der Waals surface area contributed by atoms with Gasteiger partial charge in [0.2, 0.25) is 29.5 Å². The number of primary amides is 1. The fourth-order valence-electron chi connectivity index (χ4n) is 4.01. The van der Waals surface area contributed by atoms with Gasteiger partial charge in [0.15, 0.2) is 0 Å². The van der Waals surface area contributed by atoms with E-state index >= 15 is 0 Å². The Morgan fingerprint density at radius 2 is 1.61 bits per heavy atom. The number of hydrogen-bond acceptors (Lipinski definition) is 9. The van der Waals surface area contributed by atoms with Crippen molar-refractivity contribution in [3.8, 4) is 0 Å². The molecule has 0 spiro atoms. The molecular formula is C23H41N7O8. The molecule has 0 aromatic carbocycles. The van der Waals surface area contributed by atoms with E-state index in [1.54, 1.807) is 13.8 Å². The molecule has 11 N–H and O–H groups in total. The summed E-state index contributed by atoms with van der Waals surface area (Å²) in [5, 5.41) is 26.2. The number of likely N-dealkylation sites (tertiary alicyclic amines) is 1. The van der Waals surface area contributed by atoms with Crippen LogP contribution < -0.4 is 33.2 Å². The van der Waals surface area contributed by atoms with Crippen molar-refractivity contribution in [2.75, 3.05) is 13.1 Å². The number of carboxylic acid groups (broad SMARTS) is 1. The number of nitrogens with one attached hydrogen (secondary N) is 3. The second kappa shape index (κ2) is 15.2. The van der Waals surface area contributed by atoms with Crippen molar-refractivity contribution in [1.29, 1.82) is 0 Å². The lowest BCUT2D eigenvalue weighted by atomic mass is 10.0. The third kappa shape index (κ3) is 9.54. The summed E-state index contributed by atoms with van der Waals surface area (Å²) in [6, 6.07) is -6.07. The molecule has 6 atom stereocenters. The van der Waals surface area contributed by atoms with Gasteiger partial charge in [0.25, 0.3) is 0 Å². The Morgan fingerprint density at radius 3 is 2.11 bits per heavy atom. The maximum absolute atomic E-state index is 13.1. The van der Waals surface area contributed by atoms with Crippen LogP contribution in [0, 0.1) is 5.92 Å². The Kier molecular flexibility index (Phi) is 13.1. The first-order valence-corrected chi connectivity index (χ1v) is 12.6. The van der Waals surface area contributed by atoms with Crippen LogP contribution in [0.25, 0.3) is 0 Å². The Labute approximate surface area is 221 Å². The van der Waals surface area contributed by atoms with Gasteiger partial charge < -0.3 is 48.3 Å². The Morgan fingerprint density at radius 1 is 1.00 bits per heavy atom. The fourth-order valence-corrected chi connectivity index (χ4v) is 4.01. The molecule has 0 radical (unpaired) electrons. The van der Waals surface area contributed by atoms with Crippen LogP contribution in [0.15, 0.2) is 0 Å². The lowest BCUT2D eigenvalue weighted by Crippen LogP contribution is -2.60. The van der Waals surface area contributed by atoms with Gasteiger partial charge in [0.05, 0.1) is 12.5 Å². The predicted octanol–water partition coefficient (Wildman–Crippen LogP) is -3.51. The van der Waals surface area contributed by atoms with Crippen molar-refractivity contribution in [2.24, 2.45) is 23.1 Å². The first-order valence-electron chi connectivity index (χ1n) is 12.6. The van der Waals surface area contributed by atoms with Crippen molar-refractivity contribution in [1.82, 2.24) is 20.9 Å². The SMILES string of the molecule is CC(C)[C@H](NC(=O)[C@@H]1CCCN1C(=O)[C@@H](N)[C@@H](C)O)C(=O)N[C@@H](CC(N)=O)C(=O)N[C@@H](CCCN)C(=O)O. The highest BCUT2D eigenvalue weighted by atomic mass is 16.4. The minimum atomic E-state index is -1.49. The summed E-state index contributed by atoms with van der Waals surface area (Å²) in [6.45, 7) is 5.10. The first-order chi connectivity index (χ1) is 17.7. The highest BCUT2D eigenvalue weighted by molar-refractivity contribution is 5.97. The van der Waals surface area contributed by atoms with E-state index in [0.29, 0.717) is 19.3 Å². The van der Waals surface area contributed by atoms with Gasteiger partial charge in [-0.15, -0.1) is 0 Å². The Hall–Kier alpha value is -3.30. The normalized spacial score (nSPS) is 19.1. The zero-order chi connectivity index (χ0) is 29.2. The van der Waals surface area contributed by atoms with Crippen molar-refractivity contribution in [2.45, 2.75) is 89.2 Å². The van der Waals surface area contributed by atoms with Crippen LogP contribution in [0.5, 0.6) is 0 Å². The highest BCUT2D eigenvalue weighted by Gasteiger charge is 2.39. The molecule has 0 aliphatic carbocycles. The molecule has 1 fully saturated rings. The third-order valence-electron chi connectivity index (χ3n) is 6.24. The molecule has 0 aromatic rings. The van der Waals surface area contributed by atoms with Gasteiger partial charge in [-0.1, -0.05) is 13.8 Å². The second-order valence-electron chi connectivity index (χ2n) is 9.75. The number of nitrogens with two attached hydrogens (primary N) is 3. The number of hydrogen-bond donors (Lipinski definition) is 8. The highest BCUT2D eigenvalue weighted by Crippen LogP contribution is 2.19. The number of aliphatic hydroxyl groups is 1. The fraction of sp³-hybridized carbons (Fsp3) is 0.739. The molecule has 0 aromatic heterocycles. The Bertz CT molecular complexity index is 882. The summed E-state index contributed by atoms with van der Waals surface area (Å²) in [5.41, 5.74) is 16.4. The van der Waals surface area contributed by atoms with Gasteiger partial charge in [-0.05, 0) is 45.1 Å². The maximum atomic E-state index is 13.1. The zero-order valence-corrected chi connectivity index (χ0v) is 22.0. The molecule has 5 amide bonds. The molecule has 0 bridgehead atoms. The average molecular weight is 544 g/mol. The van der Waals surface area contributed by atoms with E-state index < -0.39 is 84.2 Å². The molecule has 1 aliphatic rings. The van der Waals surface area contributed by atoms with E-state index in [1.165, 1.54) is 11.8 Å². The topological polar surface area (TPSA) is 260 Å². The summed E-state index contributed by atoms with van der Waals surface area (Å²) in [4.78, 5) is 75.9. The van der Waals surface area contributed by atoms with Gasteiger partial charge >= 0.3 is 5.97 Å². The van der Waals surface area contributed by atoms with Crippen LogP contribution in [0.1, 0.15) is 52.9 Å². The minimum Gasteiger partial charge on any atom is -0.480 e. The lowest BCUT2D eigenvalue weighted by molar-refractivity contribution is -0.143. The quantitative estimate of drug-likeness (QED) is 0.101. The van der Waals surface area contributed by atoms with Gasteiger partial charge in [0, 0.05) is 6.54 Å². The number of carbonyl (C=O) groups is 6. The molecule has 1 heterocycles. The van der Waals surface area contributed by atoms with Crippen LogP contribution in [-0.4, -0.2) is 100 Å². The minimum absolute atomic E-state index is 0.0365. The average Bonchev–Trinajstić information content (AvgIpc) is 3.32. The Balaban J connectivity index is 3.01. The van der Waals surface area contributed by atoms with Crippen LogP contribution in [-0.2, 0) is 28.8 Å². The van der Waals surface area contributed by atoms with Crippen LogP contribution in [0.3, 0.4) is 0 Å². The van der Waals surface area contributed by atoms with Crippen molar-refractivity contribution >= 4 is 35.5 Å². The molecule has 216 valence electrons. The zero-order valence-electron chi connectivity index (χ0n) is 22.0. The number of aliphatic hydroxyl groups excluding tert-OH is 1. The third-order valence-corrected chi connectivity index (χ3v) is 6.24. The number of carboxylic acids is 1. The molecule has 15 heteroatoms. The maximum Gasteiger partial charge on any atom is 0.326 e. The van der Waals surface area contributed by atoms with E-state index in [0.717, 1.165) is 0 Å². The lowest BCUT2D eigenvalue weighted by Gasteiger charge is -2.30. The van der Waals surface area contributed by atoms with E-state index in [4.69, 9.17) is 17.2 Å². The van der Waals surface area contributed by atoms with Gasteiger partial charge in [0.1, 0.15) is 30.2 Å². The van der Waals surface area contributed by atoms with Gasteiger partial charge in [-0.3, -0.25) is 24.0 Å². The van der Waals surface area contributed by atoms with Crippen molar-refractivity contribution < 1.29 is 39.0 Å². The summed E-state index contributed by atoms with van der Waals surface area (Å²) >= 11 is 0. The van der Waals surface area contributed by atoms with Crippen LogP contribution >= 0.6 is 0 Å². The van der Waals surface area contributed by atoms with Crippen molar-refractivity contribution in [3.63, 3.8) is 0 Å². The molecular weight excluding hydrogens is 502 g/mol. The van der Waals surface area contributed by atoms with E-state index in [9.17, 15) is 39.0 Å². The number of nitrogens with zero attached hydrogens (tertiary/aromatic N) is 1. The summed E-state index contributed by atoms with van der Waals surface area (Å²) < 4.78 is 0. The monoisotopic (exact) mass is 543 g/mol. The van der Waals surface area contributed by atoms with Crippen LogP contribution in [0.2, 0.25) is 0 Å². The smallest absolute Gasteiger partial charge is 0.326 e. The molecule has 1 aliphatic heterocycles. The molecule has 0 saturated carbocycles. The standard InChI is InChI=1S/C23H41N7O8/c1-11(2)18(29-20(34)15-7-5-9-30(15)22(36)17(26)12(3)31)21(35)28-14(10-16(25)32)19(33)27-13(23(37)38)6-4-8-24/h11-15,17-18,31H,4-10,24,26H2,1-3H3,(H2,25,32)(H,27,33)(H,28,35)(H,29,34)(H,37,38)/t12-,13+,14+,15+,17+,18+/m1/s1. The molecule has 1 rings (SSSR count). The van der Waals surface area contributed by atoms with E-state index in [1.807, 2.05) is 0 Å². The van der Waals surface area contributed by atoms with Gasteiger partial charge in [-0.25, -0.2) is 4.79 Å². The number of amides is 5. The van der Waals surface area contributed by atoms with E-state index in [2.05, 4.69) is 16.0 Å². The summed E-state index contributed by atoms with van der Waals surface area (Å²) in [7, 11) is 0. The predicted molar refractivity (Wildman–Crippen MR) is 135 cm³/mol. The largest absolute Gasteiger partial charge is 0.480 e. The molecule has 38 heavy (non-hydrogen) atoms. The number of rotatable bonds is 15. The molecule has 1 saturated heterocycles. The number of carbonyl (C=O) groups excluding carboxylic acids is 5. The molecule has 0 unspecified atom stereocenters. The second-order valence-corrected chi connectivity index (χ2v) is 9.75. The first kappa shape index (κ1) is 32.7. The number of aliphatic carboxylic acids is 1. The summed E-state index contributed by atoms with van der Waals surface area (Å²) in [6.07, 6.45) is -0.539. The summed E-state index contributed by atoms with van der Waals surface area (Å²) in [5.74, 6) is -5.66. The van der Waals surface area contributed by atoms with Gasteiger partial charge in [-0.2, -0.15) is 0 Å². The van der Waals surface area contributed by atoms with Crippen LogP contribution in [0.4, 0.5) is 0 Å². The van der Waals surface area contributed by atoms with Crippen molar-refractivity contribution in [3.05, 3.63) is 0 Å². The molecule has 15 nitrogen and oxygen atoms in total. The van der Waals surface area contributed by atoms with E-state index in [-0.39, 0.29) is 19.5 Å².